The second-order valence-electron chi connectivity index (χ2n) is 8.82. The molecule has 32 heavy (non-hydrogen) atoms. The number of carbonyl (C=O) groups excluding carboxylic acids is 5. The molecule has 3 fully saturated rings. The Balaban J connectivity index is 1.43. The van der Waals surface area contributed by atoms with Gasteiger partial charge in [-0.2, -0.15) is 5.01 Å². The van der Waals surface area contributed by atoms with E-state index in [9.17, 15) is 28.4 Å². The van der Waals surface area contributed by atoms with E-state index in [1.807, 2.05) is 0 Å². The minimum atomic E-state index is -1.48. The molecule has 10 nitrogen and oxygen atoms in total. The van der Waals surface area contributed by atoms with Gasteiger partial charge in [-0.1, -0.05) is 19.1 Å². The first kappa shape index (κ1) is 21.7. The lowest BCUT2D eigenvalue weighted by atomic mass is 9.77. The first-order valence-electron chi connectivity index (χ1n) is 10.4. The van der Waals surface area contributed by atoms with Gasteiger partial charge in [0.15, 0.2) is 0 Å². The highest BCUT2D eigenvalue weighted by molar-refractivity contribution is 6.10. The standard InChI is InChI=1S/C21H24FN5O5/c1-12-7-9-21(10-8-12)17(30)27(19(32)24-21)25-15(28)11-26-16(29)20(2,23-18(26)31)13-3-5-14(22)6-4-13/h3-6,12H,7-11H2,1-2H3,(H,23,31)(H,24,32)(H,25,28). The molecule has 1 aromatic rings. The van der Waals surface area contributed by atoms with E-state index < -0.39 is 53.2 Å². The second-order valence-corrected chi connectivity index (χ2v) is 8.82. The third-order valence-corrected chi connectivity index (χ3v) is 6.52. The first-order valence-corrected chi connectivity index (χ1v) is 10.4. The molecule has 0 bridgehead atoms. The molecule has 11 heteroatoms. The van der Waals surface area contributed by atoms with Crippen molar-refractivity contribution in [3.05, 3.63) is 35.6 Å². The highest BCUT2D eigenvalue weighted by Crippen LogP contribution is 2.36. The number of hydrogen-bond acceptors (Lipinski definition) is 5. The van der Waals surface area contributed by atoms with Crippen molar-refractivity contribution in [3.63, 3.8) is 0 Å². The summed E-state index contributed by atoms with van der Waals surface area (Å²) in [6.07, 6.45) is 2.51. The summed E-state index contributed by atoms with van der Waals surface area (Å²) in [6.45, 7) is 2.83. The lowest BCUT2D eigenvalue weighted by molar-refractivity contribution is -0.141. The van der Waals surface area contributed by atoms with Crippen molar-refractivity contribution in [2.24, 2.45) is 5.92 Å². The molecule has 2 heterocycles. The predicted octanol–water partition coefficient (Wildman–Crippen LogP) is 1.12. The smallest absolute Gasteiger partial charge is 0.322 e. The second kappa shape index (κ2) is 7.57. The average molecular weight is 445 g/mol. The van der Waals surface area contributed by atoms with Crippen molar-refractivity contribution in [1.29, 1.82) is 0 Å². The van der Waals surface area contributed by atoms with Crippen LogP contribution in [0.2, 0.25) is 0 Å². The highest BCUT2D eigenvalue weighted by atomic mass is 19.1. The Labute approximate surface area is 183 Å². The van der Waals surface area contributed by atoms with Crippen molar-refractivity contribution >= 4 is 29.8 Å². The van der Waals surface area contributed by atoms with Crippen LogP contribution in [0.15, 0.2) is 24.3 Å². The van der Waals surface area contributed by atoms with E-state index in [0.29, 0.717) is 34.2 Å². The highest BCUT2D eigenvalue weighted by Gasteiger charge is 2.54. The van der Waals surface area contributed by atoms with E-state index in [1.165, 1.54) is 19.1 Å². The maximum Gasteiger partial charge on any atom is 0.344 e. The number of carbonyl (C=O) groups is 5. The number of urea groups is 2. The van der Waals surface area contributed by atoms with Crippen LogP contribution in [0.3, 0.4) is 0 Å². The molecule has 2 aliphatic heterocycles. The van der Waals surface area contributed by atoms with E-state index >= 15 is 0 Å². The molecule has 1 spiro atoms. The Morgan fingerprint density at radius 3 is 2.31 bits per heavy atom. The fraction of sp³-hybridized carbons (Fsp3) is 0.476. The topological polar surface area (TPSA) is 128 Å². The monoisotopic (exact) mass is 445 g/mol. The Hall–Kier alpha value is -3.50. The lowest BCUT2D eigenvalue weighted by Gasteiger charge is -2.33. The minimum absolute atomic E-state index is 0.350. The molecular formula is C21H24FN5O5. The van der Waals surface area contributed by atoms with Crippen LogP contribution in [0.1, 0.15) is 45.1 Å². The molecule has 2 saturated heterocycles. The van der Waals surface area contributed by atoms with Crippen LogP contribution in [0.25, 0.3) is 0 Å². The maximum absolute atomic E-state index is 13.2. The van der Waals surface area contributed by atoms with Gasteiger partial charge in [-0.15, -0.1) is 0 Å². The third-order valence-electron chi connectivity index (χ3n) is 6.52. The van der Waals surface area contributed by atoms with Crippen molar-refractivity contribution in [3.8, 4) is 0 Å². The fourth-order valence-electron chi connectivity index (χ4n) is 4.44. The summed E-state index contributed by atoms with van der Waals surface area (Å²) in [5.74, 6) is -2.18. The molecule has 1 atom stereocenters. The molecule has 0 radical (unpaired) electrons. The third kappa shape index (κ3) is 3.47. The van der Waals surface area contributed by atoms with Crippen LogP contribution in [-0.4, -0.2) is 51.8 Å². The number of nitrogens with zero attached hydrogens (tertiary/aromatic N) is 2. The summed E-state index contributed by atoms with van der Waals surface area (Å²) in [7, 11) is 0. The summed E-state index contributed by atoms with van der Waals surface area (Å²) in [5.41, 5.74) is 0.0565. The van der Waals surface area contributed by atoms with E-state index in [-0.39, 0.29) is 0 Å². The maximum atomic E-state index is 13.2. The summed E-state index contributed by atoms with van der Waals surface area (Å²) in [4.78, 5) is 63.7. The number of amides is 7. The van der Waals surface area contributed by atoms with Gasteiger partial charge < -0.3 is 10.6 Å². The normalized spacial score (nSPS) is 30.0. The molecule has 0 aromatic heterocycles. The molecule has 7 amide bonds. The molecular weight excluding hydrogens is 421 g/mol. The van der Waals surface area contributed by atoms with Crippen LogP contribution < -0.4 is 16.1 Å². The van der Waals surface area contributed by atoms with Crippen molar-refractivity contribution in [1.82, 2.24) is 26.0 Å². The number of hydrazine groups is 1. The van der Waals surface area contributed by atoms with Crippen LogP contribution >= 0.6 is 0 Å². The van der Waals surface area contributed by atoms with E-state index in [1.54, 1.807) is 0 Å². The van der Waals surface area contributed by atoms with Gasteiger partial charge in [-0.3, -0.25) is 24.7 Å². The van der Waals surface area contributed by atoms with Gasteiger partial charge in [0.2, 0.25) is 0 Å². The minimum Gasteiger partial charge on any atom is -0.322 e. The lowest BCUT2D eigenvalue weighted by Crippen LogP contribution is -2.53. The number of imide groups is 2. The molecule has 1 aromatic carbocycles. The number of halogens is 1. The van der Waals surface area contributed by atoms with Gasteiger partial charge in [0.1, 0.15) is 23.4 Å². The molecule has 1 aliphatic carbocycles. The van der Waals surface area contributed by atoms with Crippen LogP contribution in [0.5, 0.6) is 0 Å². The summed E-state index contributed by atoms with van der Waals surface area (Å²) in [6, 6.07) is 3.51. The average Bonchev–Trinajstić information content (AvgIpc) is 3.10. The van der Waals surface area contributed by atoms with Crippen LogP contribution in [0, 0.1) is 11.7 Å². The van der Waals surface area contributed by atoms with Gasteiger partial charge in [0.05, 0.1) is 0 Å². The molecule has 3 aliphatic rings. The Morgan fingerprint density at radius 2 is 1.69 bits per heavy atom. The number of benzene rings is 1. The fourth-order valence-corrected chi connectivity index (χ4v) is 4.44. The summed E-state index contributed by atoms with van der Waals surface area (Å²) < 4.78 is 13.2. The molecule has 1 saturated carbocycles. The quantitative estimate of drug-likeness (QED) is 0.599. The van der Waals surface area contributed by atoms with Crippen LogP contribution in [0.4, 0.5) is 14.0 Å². The molecule has 1 unspecified atom stereocenters. The zero-order chi connectivity index (χ0) is 23.3. The Morgan fingerprint density at radius 1 is 1.06 bits per heavy atom. The van der Waals surface area contributed by atoms with Crippen molar-refractivity contribution in [2.75, 3.05) is 6.54 Å². The number of nitrogens with one attached hydrogen (secondary N) is 3. The van der Waals surface area contributed by atoms with E-state index in [0.717, 1.165) is 25.0 Å². The molecule has 170 valence electrons. The molecule has 4 rings (SSSR count). The first-order chi connectivity index (χ1) is 15.1. The summed E-state index contributed by atoms with van der Waals surface area (Å²) >= 11 is 0. The largest absolute Gasteiger partial charge is 0.344 e. The Kier molecular flexibility index (Phi) is 5.14. The van der Waals surface area contributed by atoms with Crippen molar-refractivity contribution < 1.29 is 28.4 Å². The molecule has 3 N–H and O–H groups in total. The SMILES string of the molecule is CC1CCC2(CC1)NC(=O)N(NC(=O)CN1C(=O)NC(C)(c3ccc(F)cc3)C1=O)C2=O. The summed E-state index contributed by atoms with van der Waals surface area (Å²) in [5, 5.41) is 5.81. The van der Waals surface area contributed by atoms with Gasteiger partial charge >= 0.3 is 12.1 Å². The van der Waals surface area contributed by atoms with Gasteiger partial charge in [0, 0.05) is 0 Å². The number of rotatable bonds is 4. The van der Waals surface area contributed by atoms with E-state index in [4.69, 9.17) is 0 Å². The van der Waals surface area contributed by atoms with Crippen molar-refractivity contribution in [2.45, 2.75) is 50.6 Å². The van der Waals surface area contributed by atoms with E-state index in [2.05, 4.69) is 23.0 Å². The van der Waals surface area contributed by atoms with Gasteiger partial charge in [-0.25, -0.2) is 14.0 Å². The van der Waals surface area contributed by atoms with Gasteiger partial charge in [0.25, 0.3) is 17.7 Å². The van der Waals surface area contributed by atoms with Crippen LogP contribution in [-0.2, 0) is 19.9 Å². The van der Waals surface area contributed by atoms with Gasteiger partial charge in [-0.05, 0) is 56.2 Å². The zero-order valence-electron chi connectivity index (χ0n) is 17.7. The zero-order valence-corrected chi connectivity index (χ0v) is 17.7. The Bertz CT molecular complexity index is 1000. The predicted molar refractivity (Wildman–Crippen MR) is 108 cm³/mol. The number of hydrogen-bond donors (Lipinski definition) is 3.